The zero-order chi connectivity index (χ0) is 10.3. The molecule has 3 heteroatoms. The van der Waals surface area contributed by atoms with Gasteiger partial charge in [0.05, 0.1) is 0 Å². The predicted octanol–water partition coefficient (Wildman–Crippen LogP) is 2.05. The van der Waals surface area contributed by atoms with E-state index in [0.29, 0.717) is 6.79 Å². The van der Waals surface area contributed by atoms with Crippen LogP contribution in [0.25, 0.3) is 0 Å². The SMILES string of the molecule is Cc1c(C(C)N)cc2c(c1C)OCO2. The van der Waals surface area contributed by atoms with E-state index in [9.17, 15) is 0 Å². The van der Waals surface area contributed by atoms with E-state index in [2.05, 4.69) is 6.92 Å². The van der Waals surface area contributed by atoms with Crippen molar-refractivity contribution in [2.24, 2.45) is 5.73 Å². The van der Waals surface area contributed by atoms with E-state index in [-0.39, 0.29) is 6.04 Å². The lowest BCUT2D eigenvalue weighted by Gasteiger charge is -2.13. The van der Waals surface area contributed by atoms with E-state index in [0.717, 1.165) is 22.6 Å². The average Bonchev–Trinajstić information content (AvgIpc) is 2.58. The monoisotopic (exact) mass is 193 g/mol. The molecule has 0 radical (unpaired) electrons. The van der Waals surface area contributed by atoms with Crippen LogP contribution in [0.1, 0.15) is 29.7 Å². The first kappa shape index (κ1) is 9.34. The van der Waals surface area contributed by atoms with Gasteiger partial charge in [0.25, 0.3) is 0 Å². The first-order valence-corrected chi connectivity index (χ1v) is 4.76. The molecule has 0 spiro atoms. The quantitative estimate of drug-likeness (QED) is 0.742. The molecule has 0 fully saturated rings. The van der Waals surface area contributed by atoms with E-state index in [1.807, 2.05) is 19.9 Å². The summed E-state index contributed by atoms with van der Waals surface area (Å²) in [7, 11) is 0. The van der Waals surface area contributed by atoms with Crippen molar-refractivity contribution in [3.8, 4) is 11.5 Å². The Morgan fingerprint density at radius 1 is 1.29 bits per heavy atom. The maximum atomic E-state index is 5.88. The third-order valence-electron chi connectivity index (χ3n) is 2.75. The van der Waals surface area contributed by atoms with Crippen LogP contribution >= 0.6 is 0 Å². The Balaban J connectivity index is 2.61. The summed E-state index contributed by atoms with van der Waals surface area (Å²) in [5, 5.41) is 0. The minimum atomic E-state index is 0.0307. The number of rotatable bonds is 1. The molecule has 0 saturated carbocycles. The maximum Gasteiger partial charge on any atom is 0.231 e. The lowest BCUT2D eigenvalue weighted by molar-refractivity contribution is 0.173. The average molecular weight is 193 g/mol. The van der Waals surface area contributed by atoms with Crippen molar-refractivity contribution in [1.82, 2.24) is 0 Å². The molecule has 1 heterocycles. The molecule has 1 unspecified atom stereocenters. The van der Waals surface area contributed by atoms with E-state index in [1.165, 1.54) is 5.56 Å². The lowest BCUT2D eigenvalue weighted by atomic mass is 9.97. The molecule has 1 aliphatic heterocycles. The van der Waals surface area contributed by atoms with Crippen LogP contribution in [0.3, 0.4) is 0 Å². The van der Waals surface area contributed by atoms with Gasteiger partial charge >= 0.3 is 0 Å². The van der Waals surface area contributed by atoms with Crippen LogP contribution in [-0.4, -0.2) is 6.79 Å². The molecule has 3 nitrogen and oxygen atoms in total. The normalized spacial score (nSPS) is 15.7. The van der Waals surface area contributed by atoms with Gasteiger partial charge in [-0.3, -0.25) is 0 Å². The Kier molecular flexibility index (Phi) is 2.11. The number of ether oxygens (including phenoxy) is 2. The summed E-state index contributed by atoms with van der Waals surface area (Å²) in [5.74, 6) is 1.69. The fourth-order valence-corrected chi connectivity index (χ4v) is 1.80. The second-order valence-corrected chi connectivity index (χ2v) is 3.74. The number of nitrogens with two attached hydrogens (primary N) is 1. The highest BCUT2D eigenvalue weighted by Crippen LogP contribution is 2.39. The summed E-state index contributed by atoms with van der Waals surface area (Å²) < 4.78 is 10.7. The van der Waals surface area contributed by atoms with Crippen molar-refractivity contribution in [3.63, 3.8) is 0 Å². The number of hydrogen-bond donors (Lipinski definition) is 1. The van der Waals surface area contributed by atoms with Crippen LogP contribution in [0.2, 0.25) is 0 Å². The Hall–Kier alpha value is -1.22. The minimum absolute atomic E-state index is 0.0307. The third kappa shape index (κ3) is 1.24. The van der Waals surface area contributed by atoms with Crippen molar-refractivity contribution in [3.05, 3.63) is 22.8 Å². The first-order chi connectivity index (χ1) is 6.61. The Labute approximate surface area is 83.8 Å². The fraction of sp³-hybridized carbons (Fsp3) is 0.455. The second kappa shape index (κ2) is 3.17. The van der Waals surface area contributed by atoms with Gasteiger partial charge in [0.1, 0.15) is 0 Å². The summed E-state index contributed by atoms with van der Waals surface area (Å²) in [6.45, 7) is 6.40. The zero-order valence-electron chi connectivity index (χ0n) is 8.76. The van der Waals surface area contributed by atoms with E-state index < -0.39 is 0 Å². The Bertz CT molecular complexity index is 372. The molecule has 0 saturated heterocycles. The van der Waals surface area contributed by atoms with Gasteiger partial charge in [-0.1, -0.05) is 0 Å². The highest BCUT2D eigenvalue weighted by atomic mass is 16.7. The van der Waals surface area contributed by atoms with Gasteiger partial charge in [0.15, 0.2) is 11.5 Å². The summed E-state index contributed by atoms with van der Waals surface area (Å²) in [4.78, 5) is 0. The maximum absolute atomic E-state index is 5.88. The van der Waals surface area contributed by atoms with Gasteiger partial charge in [0.2, 0.25) is 6.79 Å². The number of benzene rings is 1. The van der Waals surface area contributed by atoms with Crippen LogP contribution in [0.5, 0.6) is 11.5 Å². The van der Waals surface area contributed by atoms with Crippen molar-refractivity contribution in [2.45, 2.75) is 26.8 Å². The largest absolute Gasteiger partial charge is 0.454 e. The first-order valence-electron chi connectivity index (χ1n) is 4.76. The molecule has 2 N–H and O–H groups in total. The zero-order valence-corrected chi connectivity index (χ0v) is 8.76. The summed E-state index contributed by atoms with van der Waals surface area (Å²) in [6, 6.07) is 2.01. The summed E-state index contributed by atoms with van der Waals surface area (Å²) in [5.41, 5.74) is 9.34. The van der Waals surface area contributed by atoms with Crippen molar-refractivity contribution in [2.75, 3.05) is 6.79 Å². The van der Waals surface area contributed by atoms with Crippen LogP contribution < -0.4 is 15.2 Å². The Morgan fingerprint density at radius 3 is 2.64 bits per heavy atom. The summed E-state index contributed by atoms with van der Waals surface area (Å²) in [6.07, 6.45) is 0. The molecule has 1 aromatic rings. The van der Waals surface area contributed by atoms with Gasteiger partial charge in [-0.05, 0) is 43.5 Å². The van der Waals surface area contributed by atoms with Crippen molar-refractivity contribution in [1.29, 1.82) is 0 Å². The van der Waals surface area contributed by atoms with Crippen LogP contribution in [0.15, 0.2) is 6.07 Å². The van der Waals surface area contributed by atoms with Crippen molar-refractivity contribution < 1.29 is 9.47 Å². The second-order valence-electron chi connectivity index (χ2n) is 3.74. The fourth-order valence-electron chi connectivity index (χ4n) is 1.80. The predicted molar refractivity (Wildman–Crippen MR) is 54.6 cm³/mol. The van der Waals surface area contributed by atoms with E-state index >= 15 is 0 Å². The van der Waals surface area contributed by atoms with E-state index in [4.69, 9.17) is 15.2 Å². The smallest absolute Gasteiger partial charge is 0.231 e. The van der Waals surface area contributed by atoms with Gasteiger partial charge in [0, 0.05) is 6.04 Å². The van der Waals surface area contributed by atoms with Gasteiger partial charge in [-0.25, -0.2) is 0 Å². The summed E-state index contributed by atoms with van der Waals surface area (Å²) >= 11 is 0. The molecular formula is C11H15NO2. The van der Waals surface area contributed by atoms with Gasteiger partial charge in [-0.15, -0.1) is 0 Å². The molecule has 0 aromatic heterocycles. The van der Waals surface area contributed by atoms with Gasteiger partial charge < -0.3 is 15.2 Å². The lowest BCUT2D eigenvalue weighted by Crippen LogP contribution is -2.07. The van der Waals surface area contributed by atoms with Crippen LogP contribution in [0.4, 0.5) is 0 Å². The van der Waals surface area contributed by atoms with Crippen LogP contribution in [-0.2, 0) is 0 Å². The van der Waals surface area contributed by atoms with Crippen LogP contribution in [0, 0.1) is 13.8 Å². The number of hydrogen-bond acceptors (Lipinski definition) is 3. The number of fused-ring (bicyclic) bond motifs is 1. The molecule has 0 bridgehead atoms. The molecule has 1 atom stereocenters. The molecule has 1 aliphatic rings. The molecular weight excluding hydrogens is 178 g/mol. The van der Waals surface area contributed by atoms with Gasteiger partial charge in [-0.2, -0.15) is 0 Å². The van der Waals surface area contributed by atoms with Crippen molar-refractivity contribution >= 4 is 0 Å². The Morgan fingerprint density at radius 2 is 2.00 bits per heavy atom. The molecule has 1 aromatic carbocycles. The highest BCUT2D eigenvalue weighted by molar-refractivity contribution is 5.55. The molecule has 2 rings (SSSR count). The molecule has 14 heavy (non-hydrogen) atoms. The standard InChI is InChI=1S/C11H15NO2/c1-6-7(2)11-10(13-5-14-11)4-9(6)8(3)12/h4,8H,5,12H2,1-3H3. The third-order valence-corrected chi connectivity index (χ3v) is 2.75. The highest BCUT2D eigenvalue weighted by Gasteiger charge is 2.20. The minimum Gasteiger partial charge on any atom is -0.454 e. The molecule has 0 aliphatic carbocycles. The van der Waals surface area contributed by atoms with E-state index in [1.54, 1.807) is 0 Å². The topological polar surface area (TPSA) is 44.5 Å². The molecule has 76 valence electrons. The molecule has 0 amide bonds.